The Morgan fingerprint density at radius 2 is 1.77 bits per heavy atom. The van der Waals surface area contributed by atoms with Gasteiger partial charge in [-0.1, -0.05) is 12.1 Å². The van der Waals surface area contributed by atoms with Crippen molar-refractivity contribution in [2.24, 2.45) is 0 Å². The van der Waals surface area contributed by atoms with E-state index >= 15 is 0 Å². The van der Waals surface area contributed by atoms with Crippen LogP contribution in [0.15, 0.2) is 40.9 Å². The largest absolute Gasteiger partial charge is 0.493 e. The number of rotatable bonds is 7. The molecule has 6 nitrogen and oxygen atoms in total. The number of benzene rings is 2. The van der Waals surface area contributed by atoms with E-state index in [1.807, 2.05) is 6.92 Å². The lowest BCUT2D eigenvalue weighted by atomic mass is 10.1. The van der Waals surface area contributed by atoms with Crippen molar-refractivity contribution in [3.05, 3.63) is 57.6 Å². The van der Waals surface area contributed by atoms with Gasteiger partial charge in [-0.15, -0.1) is 0 Å². The predicted molar refractivity (Wildman–Crippen MR) is 103 cm³/mol. The molecule has 0 saturated carbocycles. The monoisotopic (exact) mass is 420 g/mol. The van der Waals surface area contributed by atoms with E-state index in [1.54, 1.807) is 43.4 Å². The van der Waals surface area contributed by atoms with Crippen LogP contribution in [-0.2, 0) is 6.54 Å². The summed E-state index contributed by atoms with van der Waals surface area (Å²) in [6.45, 7) is 2.72. The van der Waals surface area contributed by atoms with Crippen molar-refractivity contribution < 1.29 is 19.1 Å². The van der Waals surface area contributed by atoms with E-state index in [9.17, 15) is 9.59 Å². The van der Waals surface area contributed by atoms with Crippen LogP contribution in [0.4, 0.5) is 0 Å². The van der Waals surface area contributed by atoms with Crippen LogP contribution in [0.25, 0.3) is 0 Å². The molecule has 0 aliphatic heterocycles. The lowest BCUT2D eigenvalue weighted by Gasteiger charge is -2.13. The van der Waals surface area contributed by atoms with E-state index in [0.29, 0.717) is 40.3 Å². The fourth-order valence-corrected chi connectivity index (χ4v) is 2.89. The summed E-state index contributed by atoms with van der Waals surface area (Å²) in [5, 5.41) is 5.42. The molecule has 0 bridgehead atoms. The quantitative estimate of drug-likeness (QED) is 0.720. The van der Waals surface area contributed by atoms with Crippen molar-refractivity contribution in [2.45, 2.75) is 13.5 Å². The van der Waals surface area contributed by atoms with Crippen LogP contribution in [-0.4, -0.2) is 32.6 Å². The van der Waals surface area contributed by atoms with Gasteiger partial charge in [0.15, 0.2) is 11.5 Å². The number of hydrogen-bond donors (Lipinski definition) is 2. The molecule has 138 valence electrons. The maximum absolute atomic E-state index is 12.4. The van der Waals surface area contributed by atoms with Gasteiger partial charge in [0.1, 0.15) is 0 Å². The number of carbonyl (C=O) groups excluding carboxylic acids is 2. The summed E-state index contributed by atoms with van der Waals surface area (Å²) in [6.07, 6.45) is 0. The molecule has 0 atom stereocenters. The second kappa shape index (κ2) is 9.24. The highest BCUT2D eigenvalue weighted by molar-refractivity contribution is 9.10. The molecule has 2 amide bonds. The number of halogens is 1. The first-order valence-electron chi connectivity index (χ1n) is 8.09. The first kappa shape index (κ1) is 19.8. The Bertz CT molecular complexity index is 791. The third-order valence-corrected chi connectivity index (χ3v) is 4.27. The molecule has 2 aromatic carbocycles. The van der Waals surface area contributed by atoms with Crippen LogP contribution in [0.3, 0.4) is 0 Å². The highest BCUT2D eigenvalue weighted by Crippen LogP contribution is 2.36. The Kier molecular flexibility index (Phi) is 7.03. The third-order valence-electron chi connectivity index (χ3n) is 3.68. The Balaban J connectivity index is 2.08. The van der Waals surface area contributed by atoms with E-state index in [-0.39, 0.29) is 11.8 Å². The smallest absolute Gasteiger partial charge is 0.251 e. The van der Waals surface area contributed by atoms with Crippen molar-refractivity contribution in [1.82, 2.24) is 10.6 Å². The van der Waals surface area contributed by atoms with E-state index < -0.39 is 0 Å². The van der Waals surface area contributed by atoms with Gasteiger partial charge in [0, 0.05) is 24.7 Å². The van der Waals surface area contributed by atoms with Gasteiger partial charge in [-0.05, 0) is 52.7 Å². The highest BCUT2D eigenvalue weighted by Gasteiger charge is 2.15. The third kappa shape index (κ3) is 4.76. The van der Waals surface area contributed by atoms with Crippen molar-refractivity contribution in [1.29, 1.82) is 0 Å². The molecule has 0 saturated heterocycles. The minimum Gasteiger partial charge on any atom is -0.493 e. The summed E-state index contributed by atoms with van der Waals surface area (Å²) in [7, 11) is 3.11. The number of ether oxygens (including phenoxy) is 2. The number of carbonyl (C=O) groups is 2. The predicted octanol–water partition coefficient (Wildman–Crippen LogP) is 3.15. The van der Waals surface area contributed by atoms with Crippen molar-refractivity contribution in [2.75, 3.05) is 20.8 Å². The van der Waals surface area contributed by atoms with E-state index in [0.717, 1.165) is 5.56 Å². The average Bonchev–Trinajstić information content (AvgIpc) is 2.67. The zero-order valence-corrected chi connectivity index (χ0v) is 16.5. The molecule has 7 heteroatoms. The van der Waals surface area contributed by atoms with E-state index in [1.165, 1.54) is 7.11 Å². The van der Waals surface area contributed by atoms with E-state index in [2.05, 4.69) is 26.6 Å². The van der Waals surface area contributed by atoms with Crippen molar-refractivity contribution in [3.8, 4) is 11.5 Å². The first-order chi connectivity index (χ1) is 12.5. The van der Waals surface area contributed by atoms with Crippen LogP contribution in [0, 0.1) is 0 Å². The topological polar surface area (TPSA) is 76.7 Å². The normalized spacial score (nSPS) is 10.2. The minimum absolute atomic E-state index is 0.146. The zero-order chi connectivity index (χ0) is 19.1. The number of methoxy groups -OCH3 is 1. The first-order valence-corrected chi connectivity index (χ1v) is 8.89. The zero-order valence-electron chi connectivity index (χ0n) is 14.9. The molecule has 2 N–H and O–H groups in total. The maximum atomic E-state index is 12.4. The van der Waals surface area contributed by atoms with Gasteiger partial charge in [0.25, 0.3) is 11.8 Å². The Morgan fingerprint density at radius 1 is 1.08 bits per heavy atom. The van der Waals surface area contributed by atoms with Gasteiger partial charge >= 0.3 is 0 Å². The lowest BCUT2D eigenvalue weighted by molar-refractivity contribution is 0.0945. The van der Waals surface area contributed by atoms with Crippen LogP contribution >= 0.6 is 15.9 Å². The van der Waals surface area contributed by atoms with Crippen LogP contribution in [0.5, 0.6) is 11.5 Å². The molecule has 0 fully saturated rings. The van der Waals surface area contributed by atoms with Crippen LogP contribution in [0.2, 0.25) is 0 Å². The average molecular weight is 421 g/mol. The molecular weight excluding hydrogens is 400 g/mol. The van der Waals surface area contributed by atoms with Gasteiger partial charge < -0.3 is 20.1 Å². The molecule has 0 radical (unpaired) electrons. The van der Waals surface area contributed by atoms with Gasteiger partial charge in [0.05, 0.1) is 18.2 Å². The summed E-state index contributed by atoms with van der Waals surface area (Å²) < 4.78 is 11.5. The summed E-state index contributed by atoms with van der Waals surface area (Å²) in [5.41, 5.74) is 1.92. The minimum atomic E-state index is -0.234. The molecule has 0 heterocycles. The fourth-order valence-electron chi connectivity index (χ4n) is 2.34. The summed E-state index contributed by atoms with van der Waals surface area (Å²) >= 11 is 3.41. The van der Waals surface area contributed by atoms with Gasteiger partial charge in [-0.3, -0.25) is 9.59 Å². The van der Waals surface area contributed by atoms with Gasteiger partial charge in [-0.25, -0.2) is 0 Å². The number of amides is 2. The molecule has 0 aliphatic carbocycles. The second-order valence-corrected chi connectivity index (χ2v) is 6.24. The summed E-state index contributed by atoms with van der Waals surface area (Å²) in [5.74, 6) is 0.673. The molecule has 0 unspecified atom stereocenters. The molecule has 26 heavy (non-hydrogen) atoms. The molecular formula is C19H21BrN2O4. The number of hydrogen-bond acceptors (Lipinski definition) is 4. The van der Waals surface area contributed by atoms with Crippen LogP contribution < -0.4 is 20.1 Å². The van der Waals surface area contributed by atoms with Gasteiger partial charge in [0.2, 0.25) is 0 Å². The lowest BCUT2D eigenvalue weighted by Crippen LogP contribution is -2.23. The maximum Gasteiger partial charge on any atom is 0.251 e. The SMILES string of the molecule is CCOc1c(Br)cc(C(=O)NCc2ccc(C(=O)NC)cc2)cc1OC. The fraction of sp³-hybridized carbons (Fsp3) is 0.263. The number of nitrogens with one attached hydrogen (secondary N) is 2. The molecule has 0 spiro atoms. The molecule has 0 aliphatic rings. The van der Waals surface area contributed by atoms with Gasteiger partial charge in [-0.2, -0.15) is 0 Å². The summed E-state index contributed by atoms with van der Waals surface area (Å²) in [4.78, 5) is 24.0. The van der Waals surface area contributed by atoms with E-state index in [4.69, 9.17) is 9.47 Å². The summed E-state index contributed by atoms with van der Waals surface area (Å²) in [6, 6.07) is 10.4. The standard InChI is InChI=1S/C19H21BrN2O4/c1-4-26-17-15(20)9-14(10-16(17)25-3)19(24)22-11-12-5-7-13(8-6-12)18(23)21-2/h5-10H,4,11H2,1-3H3,(H,21,23)(H,22,24). The molecule has 0 aromatic heterocycles. The molecule has 2 aromatic rings. The highest BCUT2D eigenvalue weighted by atomic mass is 79.9. The second-order valence-electron chi connectivity index (χ2n) is 5.38. The Labute approximate surface area is 161 Å². The Hall–Kier alpha value is -2.54. The van der Waals surface area contributed by atoms with Crippen LogP contribution in [0.1, 0.15) is 33.2 Å². The Morgan fingerprint density at radius 3 is 2.35 bits per heavy atom. The molecule has 2 rings (SSSR count). The van der Waals surface area contributed by atoms with Crippen molar-refractivity contribution in [3.63, 3.8) is 0 Å². The van der Waals surface area contributed by atoms with Crippen molar-refractivity contribution >= 4 is 27.7 Å².